The summed E-state index contributed by atoms with van der Waals surface area (Å²) >= 11 is 0. The SMILES string of the molecule is Cc1cc2ccccc2nc1NN1CCN(C)CC1. The highest BCUT2D eigenvalue weighted by atomic mass is 15.5. The molecule has 1 saturated heterocycles. The first-order valence-corrected chi connectivity index (χ1v) is 6.79. The van der Waals surface area contributed by atoms with Crippen LogP contribution < -0.4 is 5.43 Å². The largest absolute Gasteiger partial charge is 0.304 e. The molecule has 1 aromatic carbocycles. The molecule has 0 aliphatic carbocycles. The molecule has 0 radical (unpaired) electrons. The van der Waals surface area contributed by atoms with Gasteiger partial charge in [-0.2, -0.15) is 0 Å². The Labute approximate surface area is 114 Å². The summed E-state index contributed by atoms with van der Waals surface area (Å²) in [7, 11) is 2.16. The molecule has 0 spiro atoms. The van der Waals surface area contributed by atoms with Gasteiger partial charge in [0.1, 0.15) is 5.82 Å². The van der Waals surface area contributed by atoms with Crippen molar-refractivity contribution in [2.75, 3.05) is 38.7 Å². The third kappa shape index (κ3) is 2.69. The van der Waals surface area contributed by atoms with Crippen LogP contribution in [-0.2, 0) is 0 Å². The summed E-state index contributed by atoms with van der Waals surface area (Å²) in [6, 6.07) is 10.4. The number of hydrogen-bond acceptors (Lipinski definition) is 4. The Hall–Kier alpha value is -1.65. The van der Waals surface area contributed by atoms with Crippen molar-refractivity contribution in [3.63, 3.8) is 0 Å². The van der Waals surface area contributed by atoms with E-state index in [1.54, 1.807) is 0 Å². The minimum atomic E-state index is 0.975. The number of para-hydroxylation sites is 1. The summed E-state index contributed by atoms with van der Waals surface area (Å²) in [4.78, 5) is 7.07. The van der Waals surface area contributed by atoms with Crippen LogP contribution in [-0.4, -0.2) is 48.1 Å². The standard InChI is InChI=1S/C15H20N4/c1-12-11-13-5-3-4-6-14(13)16-15(12)17-19-9-7-18(2)8-10-19/h3-6,11H,7-10H2,1-2H3,(H,16,17). The van der Waals surface area contributed by atoms with Gasteiger partial charge < -0.3 is 10.3 Å². The Morgan fingerprint density at radius 2 is 1.84 bits per heavy atom. The summed E-state index contributed by atoms with van der Waals surface area (Å²) < 4.78 is 0. The quantitative estimate of drug-likeness (QED) is 0.892. The first-order chi connectivity index (χ1) is 9.22. The number of nitrogens with one attached hydrogen (secondary N) is 1. The fraction of sp³-hybridized carbons (Fsp3) is 0.400. The van der Waals surface area contributed by atoms with Gasteiger partial charge in [-0.15, -0.1) is 0 Å². The third-order valence-electron chi connectivity index (χ3n) is 3.68. The van der Waals surface area contributed by atoms with Gasteiger partial charge in [0.2, 0.25) is 0 Å². The number of nitrogens with zero attached hydrogens (tertiary/aromatic N) is 3. The van der Waals surface area contributed by atoms with Gasteiger partial charge in [-0.25, -0.2) is 9.99 Å². The molecular weight excluding hydrogens is 236 g/mol. The normalized spacial score (nSPS) is 17.8. The number of piperazine rings is 1. The summed E-state index contributed by atoms with van der Waals surface area (Å²) in [5, 5.41) is 3.45. The Balaban J connectivity index is 1.82. The highest BCUT2D eigenvalue weighted by Crippen LogP contribution is 2.20. The van der Waals surface area contributed by atoms with Crippen molar-refractivity contribution < 1.29 is 0 Å². The maximum Gasteiger partial charge on any atom is 0.143 e. The number of hydrogen-bond donors (Lipinski definition) is 1. The average molecular weight is 256 g/mol. The van der Waals surface area contributed by atoms with Gasteiger partial charge >= 0.3 is 0 Å². The van der Waals surface area contributed by atoms with Crippen molar-refractivity contribution in [3.05, 3.63) is 35.9 Å². The molecule has 1 fully saturated rings. The summed E-state index contributed by atoms with van der Waals surface area (Å²) in [6.07, 6.45) is 0. The fourth-order valence-electron chi connectivity index (χ4n) is 2.40. The molecule has 1 aliphatic heterocycles. The van der Waals surface area contributed by atoms with Gasteiger partial charge in [0.15, 0.2) is 0 Å². The number of fused-ring (bicyclic) bond motifs is 1. The van der Waals surface area contributed by atoms with E-state index in [9.17, 15) is 0 Å². The minimum absolute atomic E-state index is 0.975. The van der Waals surface area contributed by atoms with Gasteiger partial charge in [-0.3, -0.25) is 0 Å². The lowest BCUT2D eigenvalue weighted by Crippen LogP contribution is -2.47. The lowest BCUT2D eigenvalue weighted by molar-refractivity contribution is 0.178. The first kappa shape index (κ1) is 12.4. The maximum atomic E-state index is 4.72. The van der Waals surface area contributed by atoms with Crippen LogP contribution in [0.5, 0.6) is 0 Å². The Morgan fingerprint density at radius 1 is 1.11 bits per heavy atom. The molecule has 0 amide bonds. The monoisotopic (exact) mass is 256 g/mol. The van der Waals surface area contributed by atoms with Crippen LogP contribution in [0.1, 0.15) is 5.56 Å². The third-order valence-corrected chi connectivity index (χ3v) is 3.68. The van der Waals surface area contributed by atoms with E-state index in [2.05, 4.69) is 53.6 Å². The van der Waals surface area contributed by atoms with Gasteiger partial charge in [0.25, 0.3) is 0 Å². The van der Waals surface area contributed by atoms with Gasteiger partial charge in [-0.1, -0.05) is 18.2 Å². The number of benzene rings is 1. The van der Waals surface area contributed by atoms with Gasteiger partial charge in [0.05, 0.1) is 5.52 Å². The van der Waals surface area contributed by atoms with Gasteiger partial charge in [-0.05, 0) is 31.7 Å². The average Bonchev–Trinajstić information content (AvgIpc) is 2.42. The second kappa shape index (κ2) is 5.15. The summed E-state index contributed by atoms with van der Waals surface area (Å²) in [6.45, 7) is 6.37. The number of hydrazine groups is 1. The molecule has 0 bridgehead atoms. The van der Waals surface area contributed by atoms with Crippen LogP contribution in [0.3, 0.4) is 0 Å². The zero-order valence-corrected chi connectivity index (χ0v) is 11.6. The Morgan fingerprint density at radius 3 is 2.63 bits per heavy atom. The van der Waals surface area contributed by atoms with Crippen LogP contribution >= 0.6 is 0 Å². The Kier molecular flexibility index (Phi) is 3.36. The molecule has 100 valence electrons. The lowest BCUT2D eigenvalue weighted by Gasteiger charge is -2.33. The molecule has 1 aromatic heterocycles. The van der Waals surface area contributed by atoms with Gasteiger partial charge in [0, 0.05) is 31.6 Å². The van der Waals surface area contributed by atoms with E-state index in [0.717, 1.165) is 37.5 Å². The molecule has 4 heteroatoms. The molecule has 1 aliphatic rings. The highest BCUT2D eigenvalue weighted by molar-refractivity contribution is 5.81. The van der Waals surface area contributed by atoms with Crippen LogP contribution in [0.25, 0.3) is 10.9 Å². The number of anilines is 1. The number of likely N-dealkylation sites (N-methyl/N-ethyl adjacent to an activating group) is 1. The molecule has 0 saturated carbocycles. The van der Waals surface area contributed by atoms with Crippen molar-refractivity contribution in [1.82, 2.24) is 14.9 Å². The molecule has 19 heavy (non-hydrogen) atoms. The molecule has 2 heterocycles. The lowest BCUT2D eigenvalue weighted by atomic mass is 10.1. The van der Waals surface area contributed by atoms with E-state index in [0.29, 0.717) is 0 Å². The molecule has 3 rings (SSSR count). The van der Waals surface area contributed by atoms with E-state index in [-0.39, 0.29) is 0 Å². The Bertz CT molecular complexity index is 573. The van der Waals surface area contributed by atoms with E-state index in [1.165, 1.54) is 10.9 Å². The second-order valence-corrected chi connectivity index (χ2v) is 5.25. The predicted octanol–water partition coefficient (Wildman–Crippen LogP) is 2.12. The summed E-state index contributed by atoms with van der Waals surface area (Å²) in [5.41, 5.74) is 5.70. The smallest absolute Gasteiger partial charge is 0.143 e. The topological polar surface area (TPSA) is 31.4 Å². The molecular formula is C15H20N4. The molecule has 0 atom stereocenters. The molecule has 1 N–H and O–H groups in total. The van der Waals surface area contributed by atoms with E-state index >= 15 is 0 Å². The van der Waals surface area contributed by atoms with Crippen molar-refractivity contribution >= 4 is 16.7 Å². The van der Waals surface area contributed by atoms with E-state index in [4.69, 9.17) is 4.98 Å². The number of aryl methyl sites for hydroxylation is 1. The minimum Gasteiger partial charge on any atom is -0.304 e. The number of pyridine rings is 1. The number of aromatic nitrogens is 1. The van der Waals surface area contributed by atoms with Crippen LogP contribution in [0.2, 0.25) is 0 Å². The maximum absolute atomic E-state index is 4.72. The van der Waals surface area contributed by atoms with Crippen molar-refractivity contribution in [3.8, 4) is 0 Å². The summed E-state index contributed by atoms with van der Waals surface area (Å²) in [5.74, 6) is 0.975. The molecule has 4 nitrogen and oxygen atoms in total. The molecule has 0 unspecified atom stereocenters. The van der Waals surface area contributed by atoms with Crippen LogP contribution in [0.4, 0.5) is 5.82 Å². The fourth-order valence-corrected chi connectivity index (χ4v) is 2.40. The number of rotatable bonds is 2. The predicted molar refractivity (Wildman–Crippen MR) is 79.2 cm³/mol. The molecule has 2 aromatic rings. The van der Waals surface area contributed by atoms with E-state index < -0.39 is 0 Å². The highest BCUT2D eigenvalue weighted by Gasteiger charge is 2.14. The van der Waals surface area contributed by atoms with Crippen LogP contribution in [0, 0.1) is 6.92 Å². The zero-order chi connectivity index (χ0) is 13.2. The zero-order valence-electron chi connectivity index (χ0n) is 11.6. The van der Waals surface area contributed by atoms with Crippen molar-refractivity contribution in [1.29, 1.82) is 0 Å². The van der Waals surface area contributed by atoms with Crippen LogP contribution in [0.15, 0.2) is 30.3 Å². The van der Waals surface area contributed by atoms with E-state index in [1.807, 2.05) is 6.07 Å². The van der Waals surface area contributed by atoms with Crippen molar-refractivity contribution in [2.45, 2.75) is 6.92 Å². The first-order valence-electron chi connectivity index (χ1n) is 6.79. The van der Waals surface area contributed by atoms with Crippen molar-refractivity contribution in [2.24, 2.45) is 0 Å². The second-order valence-electron chi connectivity index (χ2n) is 5.25.